The third-order valence-electron chi connectivity index (χ3n) is 2.64. The highest BCUT2D eigenvalue weighted by Crippen LogP contribution is 2.28. The molecular weight excluding hydrogens is 314 g/mol. The molecule has 0 amide bonds. The first-order chi connectivity index (χ1) is 8.72. The predicted octanol–water partition coefficient (Wildman–Crippen LogP) is 4.22. The van der Waals surface area contributed by atoms with Crippen LogP contribution in [0.25, 0.3) is 11.0 Å². The van der Waals surface area contributed by atoms with Gasteiger partial charge in [-0.2, -0.15) is 0 Å². The van der Waals surface area contributed by atoms with Crippen LogP contribution in [-0.4, -0.2) is 9.59 Å². The summed E-state index contributed by atoms with van der Waals surface area (Å²) < 4.78 is 10.7. The van der Waals surface area contributed by atoms with Gasteiger partial charge in [0.2, 0.25) is 0 Å². The van der Waals surface area contributed by atoms with E-state index in [2.05, 4.69) is 30.8 Å². The summed E-state index contributed by atoms with van der Waals surface area (Å²) in [5.41, 5.74) is 0.893. The highest BCUT2D eigenvalue weighted by molar-refractivity contribution is 9.10. The molecule has 3 aromatic rings. The first-order valence-corrected chi connectivity index (χ1v) is 7.02. The number of rotatable bonds is 3. The molecule has 0 aliphatic heterocycles. The Morgan fingerprint density at radius 1 is 1.39 bits per heavy atom. The van der Waals surface area contributed by atoms with Crippen LogP contribution < -0.4 is 5.32 Å². The molecule has 92 valence electrons. The molecule has 4 nitrogen and oxygen atoms in total. The molecule has 18 heavy (non-hydrogen) atoms. The molecule has 0 saturated carbocycles. The number of anilines is 1. The highest BCUT2D eigenvalue weighted by atomic mass is 79.9. The second-order valence-electron chi connectivity index (χ2n) is 3.98. The highest BCUT2D eigenvalue weighted by Gasteiger charge is 2.12. The molecule has 1 aromatic carbocycles. The van der Waals surface area contributed by atoms with Gasteiger partial charge in [-0.25, -0.2) is 0 Å². The van der Waals surface area contributed by atoms with E-state index in [1.54, 1.807) is 6.20 Å². The summed E-state index contributed by atoms with van der Waals surface area (Å²) in [4.78, 5) is 0. The molecule has 1 unspecified atom stereocenters. The molecule has 1 atom stereocenters. The van der Waals surface area contributed by atoms with Crippen LogP contribution in [0.15, 0.2) is 39.4 Å². The lowest BCUT2D eigenvalue weighted by atomic mass is 10.2. The molecule has 0 aliphatic rings. The molecule has 0 spiro atoms. The van der Waals surface area contributed by atoms with Crippen molar-refractivity contribution in [2.45, 2.75) is 13.0 Å². The van der Waals surface area contributed by atoms with E-state index in [1.165, 1.54) is 11.5 Å². The van der Waals surface area contributed by atoms with Crippen LogP contribution in [0.2, 0.25) is 0 Å². The van der Waals surface area contributed by atoms with Crippen LogP contribution >= 0.6 is 27.5 Å². The third kappa shape index (κ3) is 2.26. The van der Waals surface area contributed by atoms with Crippen molar-refractivity contribution in [3.05, 3.63) is 40.7 Å². The van der Waals surface area contributed by atoms with Gasteiger partial charge < -0.3 is 9.73 Å². The van der Waals surface area contributed by atoms with Gasteiger partial charge in [-0.3, -0.25) is 0 Å². The van der Waals surface area contributed by atoms with E-state index in [-0.39, 0.29) is 6.04 Å². The number of fused-ring (bicyclic) bond motifs is 1. The van der Waals surface area contributed by atoms with E-state index in [1.807, 2.05) is 31.2 Å². The molecular formula is C12H10BrN3OS. The lowest BCUT2D eigenvalue weighted by molar-refractivity contribution is 0.526. The van der Waals surface area contributed by atoms with Gasteiger partial charge in [-0.1, -0.05) is 20.4 Å². The molecule has 2 heterocycles. The van der Waals surface area contributed by atoms with Gasteiger partial charge in [0.15, 0.2) is 0 Å². The quantitative estimate of drug-likeness (QED) is 0.784. The van der Waals surface area contributed by atoms with Crippen molar-refractivity contribution in [1.29, 1.82) is 0 Å². The van der Waals surface area contributed by atoms with Gasteiger partial charge in [0.1, 0.15) is 16.3 Å². The van der Waals surface area contributed by atoms with Crippen LogP contribution in [-0.2, 0) is 0 Å². The third-order valence-corrected chi connectivity index (χ3v) is 3.73. The molecule has 0 aliphatic carbocycles. The van der Waals surface area contributed by atoms with Gasteiger partial charge >= 0.3 is 0 Å². The van der Waals surface area contributed by atoms with Crippen LogP contribution in [0.5, 0.6) is 0 Å². The second-order valence-corrected chi connectivity index (χ2v) is 5.68. The zero-order valence-electron chi connectivity index (χ0n) is 9.55. The van der Waals surface area contributed by atoms with Crippen molar-refractivity contribution in [2.75, 3.05) is 5.32 Å². The zero-order chi connectivity index (χ0) is 12.5. The van der Waals surface area contributed by atoms with Crippen LogP contribution in [0, 0.1) is 0 Å². The monoisotopic (exact) mass is 323 g/mol. The van der Waals surface area contributed by atoms with Gasteiger partial charge in [0, 0.05) is 21.4 Å². The molecule has 6 heteroatoms. The minimum Gasteiger partial charge on any atom is -0.459 e. The Kier molecular flexibility index (Phi) is 3.05. The molecule has 0 saturated heterocycles. The van der Waals surface area contributed by atoms with Crippen molar-refractivity contribution < 1.29 is 4.42 Å². The SMILES string of the molecule is CC(Nc1cnns1)c1cc2cc(Br)ccc2o1. The Hall–Kier alpha value is -1.40. The van der Waals surface area contributed by atoms with Crippen LogP contribution in [0.1, 0.15) is 18.7 Å². The van der Waals surface area contributed by atoms with Crippen LogP contribution in [0.3, 0.4) is 0 Å². The molecule has 0 radical (unpaired) electrons. The van der Waals surface area contributed by atoms with E-state index in [0.29, 0.717) is 0 Å². The van der Waals surface area contributed by atoms with Gasteiger partial charge in [-0.15, -0.1) is 5.10 Å². The van der Waals surface area contributed by atoms with Gasteiger partial charge in [0.05, 0.1) is 12.2 Å². The Balaban J connectivity index is 1.89. The average molecular weight is 324 g/mol. The van der Waals surface area contributed by atoms with Crippen molar-refractivity contribution >= 4 is 43.4 Å². The molecule has 3 rings (SSSR count). The number of nitrogens with zero attached hydrogens (tertiary/aromatic N) is 2. The summed E-state index contributed by atoms with van der Waals surface area (Å²) in [5, 5.41) is 9.12. The lowest BCUT2D eigenvalue weighted by Crippen LogP contribution is -2.03. The Labute approximate surface area is 116 Å². The van der Waals surface area contributed by atoms with Crippen LogP contribution in [0.4, 0.5) is 5.00 Å². The maximum absolute atomic E-state index is 5.81. The summed E-state index contributed by atoms with van der Waals surface area (Å²) in [5.74, 6) is 0.900. The van der Waals surface area contributed by atoms with Crippen molar-refractivity contribution in [2.24, 2.45) is 0 Å². The van der Waals surface area contributed by atoms with E-state index < -0.39 is 0 Å². The first-order valence-electron chi connectivity index (χ1n) is 5.45. The fraction of sp³-hybridized carbons (Fsp3) is 0.167. The number of hydrogen-bond acceptors (Lipinski definition) is 5. The van der Waals surface area contributed by atoms with Crippen molar-refractivity contribution in [3.8, 4) is 0 Å². The van der Waals surface area contributed by atoms with E-state index in [0.717, 1.165) is 26.2 Å². The van der Waals surface area contributed by atoms with Gasteiger partial charge in [-0.05, 0) is 31.2 Å². The van der Waals surface area contributed by atoms with E-state index in [9.17, 15) is 0 Å². The molecule has 0 bridgehead atoms. The van der Waals surface area contributed by atoms with Gasteiger partial charge in [0.25, 0.3) is 0 Å². The van der Waals surface area contributed by atoms with Crippen molar-refractivity contribution in [3.63, 3.8) is 0 Å². The summed E-state index contributed by atoms with van der Waals surface area (Å²) in [6, 6.07) is 8.11. The predicted molar refractivity (Wildman–Crippen MR) is 75.9 cm³/mol. The topological polar surface area (TPSA) is 51.0 Å². The fourth-order valence-corrected chi connectivity index (χ4v) is 2.65. The minimum absolute atomic E-state index is 0.0819. The molecule has 0 fully saturated rings. The maximum atomic E-state index is 5.81. The van der Waals surface area contributed by atoms with E-state index >= 15 is 0 Å². The number of benzene rings is 1. The fourth-order valence-electron chi connectivity index (χ4n) is 1.76. The Bertz CT molecular complexity index is 665. The standard InChI is InChI=1S/C12H10BrN3OS/c1-7(15-12-6-14-16-18-12)11-5-8-4-9(13)2-3-10(8)17-11/h2-7,15H,1H3. The van der Waals surface area contributed by atoms with E-state index in [4.69, 9.17) is 4.42 Å². The smallest absolute Gasteiger partial charge is 0.134 e. The second kappa shape index (κ2) is 4.70. The number of hydrogen-bond donors (Lipinski definition) is 1. The Morgan fingerprint density at radius 3 is 3.06 bits per heavy atom. The number of halogens is 1. The normalized spacial score (nSPS) is 12.8. The zero-order valence-corrected chi connectivity index (χ0v) is 12.0. The minimum atomic E-state index is 0.0819. The Morgan fingerprint density at radius 2 is 2.28 bits per heavy atom. The largest absolute Gasteiger partial charge is 0.459 e. The maximum Gasteiger partial charge on any atom is 0.134 e. The summed E-state index contributed by atoms with van der Waals surface area (Å²) >= 11 is 4.79. The summed E-state index contributed by atoms with van der Waals surface area (Å²) in [6.07, 6.45) is 1.71. The number of nitrogens with one attached hydrogen (secondary N) is 1. The van der Waals surface area contributed by atoms with Crippen molar-refractivity contribution in [1.82, 2.24) is 9.59 Å². The summed E-state index contributed by atoms with van der Waals surface area (Å²) in [7, 11) is 0. The summed E-state index contributed by atoms with van der Waals surface area (Å²) in [6.45, 7) is 2.05. The number of aromatic nitrogens is 2. The number of furan rings is 1. The lowest BCUT2D eigenvalue weighted by Gasteiger charge is -2.09. The molecule has 2 aromatic heterocycles. The first kappa shape index (κ1) is 11.7. The molecule has 1 N–H and O–H groups in total. The average Bonchev–Trinajstić information content (AvgIpc) is 2.96.